The summed E-state index contributed by atoms with van der Waals surface area (Å²) in [5, 5.41) is 0. The number of allylic oxidation sites excluding steroid dienone is 1. The van der Waals surface area contributed by atoms with Crippen molar-refractivity contribution < 1.29 is 0 Å². The van der Waals surface area contributed by atoms with Crippen molar-refractivity contribution >= 4 is 11.8 Å². The third-order valence-corrected chi connectivity index (χ3v) is 2.09. The van der Waals surface area contributed by atoms with E-state index in [1.54, 1.807) is 5.57 Å². The van der Waals surface area contributed by atoms with E-state index in [9.17, 15) is 0 Å². The molecule has 0 aromatic rings. The van der Waals surface area contributed by atoms with Gasteiger partial charge in [0.15, 0.2) is 0 Å². The third kappa shape index (κ3) is 4.58. The van der Waals surface area contributed by atoms with Crippen LogP contribution in [-0.4, -0.2) is 11.5 Å². The average Bonchev–Trinajstić information content (AvgIpc) is 1.94. The van der Waals surface area contributed by atoms with Gasteiger partial charge in [-0.1, -0.05) is 25.5 Å². The van der Waals surface area contributed by atoms with Crippen LogP contribution in [0.2, 0.25) is 0 Å². The van der Waals surface area contributed by atoms with Crippen molar-refractivity contribution in [2.75, 3.05) is 11.5 Å². The fourth-order valence-electron chi connectivity index (χ4n) is 0.620. The molecule has 0 aromatic carbocycles. The molecule has 0 spiro atoms. The predicted molar refractivity (Wildman–Crippen MR) is 47.0 cm³/mol. The predicted octanol–water partition coefficient (Wildman–Crippen LogP) is 3.10. The van der Waals surface area contributed by atoms with Gasteiger partial charge in [0.1, 0.15) is 0 Å². The zero-order valence-corrected chi connectivity index (χ0v) is 7.42. The van der Waals surface area contributed by atoms with E-state index in [0.717, 1.165) is 0 Å². The van der Waals surface area contributed by atoms with E-state index in [4.69, 9.17) is 0 Å². The Morgan fingerprint density at radius 1 is 1.44 bits per heavy atom. The van der Waals surface area contributed by atoms with Gasteiger partial charge < -0.3 is 0 Å². The second-order valence-electron chi connectivity index (χ2n) is 1.88. The summed E-state index contributed by atoms with van der Waals surface area (Å²) in [6.45, 7) is 6.21. The molecule has 1 rings (SSSR count). The SMILES string of the molecule is CC.CC1=CCSCC1. The van der Waals surface area contributed by atoms with Crippen LogP contribution in [0.3, 0.4) is 0 Å². The van der Waals surface area contributed by atoms with Gasteiger partial charge in [-0.15, -0.1) is 0 Å². The minimum Gasteiger partial charge on any atom is -0.158 e. The minimum absolute atomic E-state index is 1.24. The Labute approximate surface area is 62.7 Å². The van der Waals surface area contributed by atoms with Gasteiger partial charge in [0.05, 0.1) is 0 Å². The molecule has 9 heavy (non-hydrogen) atoms. The van der Waals surface area contributed by atoms with Crippen molar-refractivity contribution in [1.82, 2.24) is 0 Å². The van der Waals surface area contributed by atoms with Crippen molar-refractivity contribution in [3.05, 3.63) is 11.6 Å². The van der Waals surface area contributed by atoms with E-state index in [1.165, 1.54) is 17.9 Å². The lowest BCUT2D eigenvalue weighted by molar-refractivity contribution is 1.09. The minimum atomic E-state index is 1.24. The zero-order valence-electron chi connectivity index (χ0n) is 6.61. The van der Waals surface area contributed by atoms with Crippen LogP contribution in [-0.2, 0) is 0 Å². The number of hydrogen-bond donors (Lipinski definition) is 0. The van der Waals surface area contributed by atoms with E-state index in [1.807, 2.05) is 25.6 Å². The summed E-state index contributed by atoms with van der Waals surface area (Å²) in [4.78, 5) is 0. The van der Waals surface area contributed by atoms with E-state index >= 15 is 0 Å². The van der Waals surface area contributed by atoms with Gasteiger partial charge in [-0.2, -0.15) is 11.8 Å². The summed E-state index contributed by atoms with van der Waals surface area (Å²) in [5.41, 5.74) is 1.57. The van der Waals surface area contributed by atoms with Crippen molar-refractivity contribution in [1.29, 1.82) is 0 Å². The summed E-state index contributed by atoms with van der Waals surface area (Å²) in [6.07, 6.45) is 3.62. The van der Waals surface area contributed by atoms with Crippen LogP contribution >= 0.6 is 11.8 Å². The summed E-state index contributed by atoms with van der Waals surface area (Å²) in [7, 11) is 0. The highest BCUT2D eigenvalue weighted by Gasteiger charge is 1.95. The van der Waals surface area contributed by atoms with Crippen LogP contribution in [0, 0.1) is 0 Å². The summed E-state index contributed by atoms with van der Waals surface area (Å²) in [5.74, 6) is 2.58. The first kappa shape index (κ1) is 9.09. The van der Waals surface area contributed by atoms with Gasteiger partial charge in [-0.25, -0.2) is 0 Å². The van der Waals surface area contributed by atoms with Gasteiger partial charge >= 0.3 is 0 Å². The number of hydrogen-bond acceptors (Lipinski definition) is 1. The smallest absolute Gasteiger partial charge is 0.0115 e. The Hall–Kier alpha value is 0.0900. The molecular weight excluding hydrogens is 128 g/mol. The van der Waals surface area contributed by atoms with Crippen molar-refractivity contribution in [3.8, 4) is 0 Å². The zero-order chi connectivity index (χ0) is 7.11. The Kier molecular flexibility index (Phi) is 6.28. The highest BCUT2D eigenvalue weighted by atomic mass is 32.2. The molecule has 0 nitrogen and oxygen atoms in total. The second kappa shape index (κ2) is 6.21. The lowest BCUT2D eigenvalue weighted by atomic mass is 10.2. The molecule has 0 saturated carbocycles. The van der Waals surface area contributed by atoms with Crippen LogP contribution in [0.4, 0.5) is 0 Å². The summed E-state index contributed by atoms with van der Waals surface area (Å²) >= 11 is 2.02. The van der Waals surface area contributed by atoms with Crippen molar-refractivity contribution in [2.24, 2.45) is 0 Å². The molecule has 0 aromatic heterocycles. The molecule has 1 aliphatic rings. The van der Waals surface area contributed by atoms with Crippen LogP contribution in [0.1, 0.15) is 27.2 Å². The molecule has 0 fully saturated rings. The standard InChI is InChI=1S/C6H10S.C2H6/c1-6-2-4-7-5-3-6;1-2/h2H,3-5H2,1H3;1-2H3. The van der Waals surface area contributed by atoms with Crippen molar-refractivity contribution in [2.45, 2.75) is 27.2 Å². The highest BCUT2D eigenvalue weighted by Crippen LogP contribution is 2.15. The molecule has 0 saturated heterocycles. The molecule has 0 N–H and O–H groups in total. The monoisotopic (exact) mass is 144 g/mol. The molecule has 1 heteroatoms. The maximum Gasteiger partial charge on any atom is 0.0115 e. The molecule has 0 atom stereocenters. The van der Waals surface area contributed by atoms with Gasteiger partial charge in [0.25, 0.3) is 0 Å². The Bertz CT molecular complexity index is 84.6. The molecule has 0 amide bonds. The van der Waals surface area contributed by atoms with Gasteiger partial charge in [-0.3, -0.25) is 0 Å². The topological polar surface area (TPSA) is 0 Å². The van der Waals surface area contributed by atoms with Gasteiger partial charge in [-0.05, 0) is 19.1 Å². The van der Waals surface area contributed by atoms with Gasteiger partial charge in [0, 0.05) is 5.75 Å². The van der Waals surface area contributed by atoms with Crippen LogP contribution in [0.5, 0.6) is 0 Å². The summed E-state index contributed by atoms with van der Waals surface area (Å²) in [6, 6.07) is 0. The fourth-order valence-corrected chi connectivity index (χ4v) is 1.66. The molecule has 0 radical (unpaired) electrons. The molecule has 1 heterocycles. The van der Waals surface area contributed by atoms with E-state index in [2.05, 4.69) is 13.0 Å². The molecule has 54 valence electrons. The number of rotatable bonds is 0. The van der Waals surface area contributed by atoms with Crippen molar-refractivity contribution in [3.63, 3.8) is 0 Å². The van der Waals surface area contributed by atoms with Gasteiger partial charge in [0.2, 0.25) is 0 Å². The summed E-state index contributed by atoms with van der Waals surface area (Å²) < 4.78 is 0. The van der Waals surface area contributed by atoms with E-state index in [-0.39, 0.29) is 0 Å². The quantitative estimate of drug-likeness (QED) is 0.471. The first-order valence-corrected chi connectivity index (χ1v) is 4.78. The Morgan fingerprint density at radius 2 is 2.11 bits per heavy atom. The Morgan fingerprint density at radius 3 is 2.33 bits per heavy atom. The van der Waals surface area contributed by atoms with Crippen LogP contribution in [0.15, 0.2) is 11.6 Å². The highest BCUT2D eigenvalue weighted by molar-refractivity contribution is 7.99. The maximum atomic E-state index is 2.31. The molecular formula is C8H16S. The largest absolute Gasteiger partial charge is 0.158 e. The molecule has 0 aliphatic carbocycles. The third-order valence-electron chi connectivity index (χ3n) is 1.19. The molecule has 1 aliphatic heterocycles. The first-order chi connectivity index (χ1) is 4.39. The molecule has 0 bridgehead atoms. The van der Waals surface area contributed by atoms with E-state index in [0.29, 0.717) is 0 Å². The second-order valence-corrected chi connectivity index (χ2v) is 3.03. The lowest BCUT2D eigenvalue weighted by Crippen LogP contribution is -1.90. The first-order valence-electron chi connectivity index (χ1n) is 3.63. The average molecular weight is 144 g/mol. The maximum absolute atomic E-state index is 2.31. The van der Waals surface area contributed by atoms with Crippen LogP contribution in [0.25, 0.3) is 0 Å². The van der Waals surface area contributed by atoms with E-state index < -0.39 is 0 Å². The lowest BCUT2D eigenvalue weighted by Gasteiger charge is -2.05. The number of thioether (sulfide) groups is 1. The Balaban J connectivity index is 0.000000291. The normalized spacial score (nSPS) is 17.4. The van der Waals surface area contributed by atoms with Crippen LogP contribution < -0.4 is 0 Å². The fraction of sp³-hybridized carbons (Fsp3) is 0.750. The molecule has 0 unspecified atom stereocenters.